The Morgan fingerprint density at radius 3 is 2.59 bits per heavy atom. The van der Waals surface area contributed by atoms with Crippen LogP contribution in [0.15, 0.2) is 46.7 Å². The molecule has 1 fully saturated rings. The first kappa shape index (κ1) is 19.8. The number of carbonyl (C=O) groups excluding carboxylic acids is 1. The first-order valence-corrected chi connectivity index (χ1v) is 11.0. The van der Waals surface area contributed by atoms with Crippen molar-refractivity contribution in [1.82, 2.24) is 9.62 Å². The average Bonchev–Trinajstić information content (AvgIpc) is 3.19. The maximum atomic E-state index is 12.5. The van der Waals surface area contributed by atoms with Crippen LogP contribution in [0.5, 0.6) is 5.75 Å². The Hall–Kier alpha value is -1.94. The number of nitrogens with one attached hydrogen (secondary N) is 1. The number of hydrogen-bond donors (Lipinski definition) is 1. The van der Waals surface area contributed by atoms with Crippen molar-refractivity contribution in [3.8, 4) is 5.75 Å². The van der Waals surface area contributed by atoms with Gasteiger partial charge in [0.15, 0.2) is 0 Å². The fourth-order valence-electron chi connectivity index (χ4n) is 2.64. The molecule has 0 atom stereocenters. The van der Waals surface area contributed by atoms with Crippen LogP contribution in [0.1, 0.15) is 4.88 Å². The van der Waals surface area contributed by atoms with Crippen LogP contribution >= 0.6 is 11.3 Å². The highest BCUT2D eigenvalue weighted by atomic mass is 32.2. The van der Waals surface area contributed by atoms with Crippen LogP contribution < -0.4 is 10.1 Å². The SMILES string of the molecule is O=C(Cc1cccs1)NCCOc1ccc(S(=O)(=O)N2CCOCC2)cc1. The number of benzene rings is 1. The summed E-state index contributed by atoms with van der Waals surface area (Å²) < 4.78 is 37.3. The number of morpholine rings is 1. The monoisotopic (exact) mass is 410 g/mol. The van der Waals surface area contributed by atoms with E-state index >= 15 is 0 Å². The van der Waals surface area contributed by atoms with Crippen molar-refractivity contribution in [3.05, 3.63) is 46.7 Å². The molecule has 1 aliphatic heterocycles. The smallest absolute Gasteiger partial charge is 0.243 e. The Balaban J connectivity index is 1.44. The molecule has 1 amide bonds. The van der Waals surface area contributed by atoms with E-state index in [4.69, 9.17) is 9.47 Å². The van der Waals surface area contributed by atoms with Crippen LogP contribution in [0, 0.1) is 0 Å². The minimum Gasteiger partial charge on any atom is -0.492 e. The van der Waals surface area contributed by atoms with Crippen LogP contribution in [0.4, 0.5) is 0 Å². The summed E-state index contributed by atoms with van der Waals surface area (Å²) in [7, 11) is -3.50. The zero-order chi connectivity index (χ0) is 19.1. The second-order valence-electron chi connectivity index (χ2n) is 5.94. The summed E-state index contributed by atoms with van der Waals surface area (Å²) in [5.41, 5.74) is 0. The molecule has 0 aliphatic carbocycles. The summed E-state index contributed by atoms with van der Waals surface area (Å²) >= 11 is 1.55. The highest BCUT2D eigenvalue weighted by molar-refractivity contribution is 7.89. The van der Waals surface area contributed by atoms with Crippen molar-refractivity contribution in [2.75, 3.05) is 39.5 Å². The van der Waals surface area contributed by atoms with Gasteiger partial charge < -0.3 is 14.8 Å². The van der Waals surface area contributed by atoms with Crippen LogP contribution in [-0.2, 0) is 26.0 Å². The number of amides is 1. The lowest BCUT2D eigenvalue weighted by Crippen LogP contribution is -2.40. The quantitative estimate of drug-likeness (QED) is 0.667. The third kappa shape index (κ3) is 5.52. The molecular formula is C18H22N2O5S2. The van der Waals surface area contributed by atoms with Gasteiger partial charge in [0.2, 0.25) is 15.9 Å². The molecular weight excluding hydrogens is 388 g/mol. The van der Waals surface area contributed by atoms with E-state index in [1.807, 2.05) is 17.5 Å². The summed E-state index contributed by atoms with van der Waals surface area (Å²) in [5, 5.41) is 4.74. The van der Waals surface area contributed by atoms with Gasteiger partial charge in [0, 0.05) is 18.0 Å². The Morgan fingerprint density at radius 2 is 1.93 bits per heavy atom. The number of nitrogens with zero attached hydrogens (tertiary/aromatic N) is 1. The Bertz CT molecular complexity index is 829. The van der Waals surface area contributed by atoms with Gasteiger partial charge in [0.1, 0.15) is 12.4 Å². The Morgan fingerprint density at radius 1 is 1.19 bits per heavy atom. The van der Waals surface area contributed by atoms with Crippen molar-refractivity contribution < 1.29 is 22.7 Å². The molecule has 0 saturated carbocycles. The van der Waals surface area contributed by atoms with E-state index in [0.717, 1.165) is 4.88 Å². The first-order chi connectivity index (χ1) is 13.1. The molecule has 1 aromatic carbocycles. The molecule has 0 unspecified atom stereocenters. The lowest BCUT2D eigenvalue weighted by molar-refractivity contribution is -0.120. The molecule has 1 saturated heterocycles. The number of hydrogen-bond acceptors (Lipinski definition) is 6. The van der Waals surface area contributed by atoms with Gasteiger partial charge in [-0.1, -0.05) is 6.07 Å². The van der Waals surface area contributed by atoms with Gasteiger partial charge in [-0.15, -0.1) is 11.3 Å². The Kier molecular flexibility index (Phi) is 6.84. The normalized spacial score (nSPS) is 15.4. The highest BCUT2D eigenvalue weighted by Gasteiger charge is 2.26. The predicted molar refractivity (Wildman–Crippen MR) is 103 cm³/mol. The molecule has 0 bridgehead atoms. The summed E-state index contributed by atoms with van der Waals surface area (Å²) in [6, 6.07) is 10.2. The second kappa shape index (κ2) is 9.32. The topological polar surface area (TPSA) is 84.9 Å². The maximum absolute atomic E-state index is 12.5. The van der Waals surface area contributed by atoms with E-state index in [1.165, 1.54) is 16.4 Å². The van der Waals surface area contributed by atoms with Gasteiger partial charge in [0.25, 0.3) is 0 Å². The molecule has 7 nitrogen and oxygen atoms in total. The summed E-state index contributed by atoms with van der Waals surface area (Å²) in [5.74, 6) is 0.511. The standard InChI is InChI=1S/C18H22N2O5S2/c21-18(14-16-2-1-13-26-16)19-7-10-25-15-3-5-17(6-4-15)27(22,23)20-8-11-24-12-9-20/h1-6,13H,7-12,14H2,(H,19,21). The van der Waals surface area contributed by atoms with E-state index in [-0.39, 0.29) is 10.8 Å². The van der Waals surface area contributed by atoms with Gasteiger partial charge in [-0.2, -0.15) is 4.31 Å². The molecule has 1 N–H and O–H groups in total. The summed E-state index contributed by atoms with van der Waals surface area (Å²) in [6.07, 6.45) is 0.367. The largest absolute Gasteiger partial charge is 0.492 e. The van der Waals surface area contributed by atoms with Crippen molar-refractivity contribution >= 4 is 27.3 Å². The highest BCUT2D eigenvalue weighted by Crippen LogP contribution is 2.20. The summed E-state index contributed by atoms with van der Waals surface area (Å²) in [6.45, 7) is 2.26. The molecule has 2 heterocycles. The number of thiophene rings is 1. The van der Waals surface area contributed by atoms with Crippen LogP contribution in [0.25, 0.3) is 0 Å². The number of sulfonamides is 1. The van der Waals surface area contributed by atoms with Crippen molar-refractivity contribution in [2.24, 2.45) is 0 Å². The fraction of sp³-hybridized carbons (Fsp3) is 0.389. The first-order valence-electron chi connectivity index (χ1n) is 8.65. The zero-order valence-electron chi connectivity index (χ0n) is 14.8. The van der Waals surface area contributed by atoms with Gasteiger partial charge >= 0.3 is 0 Å². The van der Waals surface area contributed by atoms with Crippen LogP contribution in [-0.4, -0.2) is 58.1 Å². The van der Waals surface area contributed by atoms with Crippen LogP contribution in [0.3, 0.4) is 0 Å². The van der Waals surface area contributed by atoms with Crippen molar-refractivity contribution in [1.29, 1.82) is 0 Å². The minimum absolute atomic E-state index is 0.0481. The number of carbonyl (C=O) groups is 1. The van der Waals surface area contributed by atoms with Gasteiger partial charge in [0.05, 0.1) is 31.1 Å². The van der Waals surface area contributed by atoms with Crippen molar-refractivity contribution in [3.63, 3.8) is 0 Å². The molecule has 0 radical (unpaired) electrons. The average molecular weight is 411 g/mol. The lowest BCUT2D eigenvalue weighted by Gasteiger charge is -2.26. The predicted octanol–water partition coefficient (Wildman–Crippen LogP) is 1.51. The van der Waals surface area contributed by atoms with E-state index in [2.05, 4.69) is 5.32 Å². The molecule has 3 rings (SSSR count). The zero-order valence-corrected chi connectivity index (χ0v) is 16.4. The van der Waals surface area contributed by atoms with E-state index < -0.39 is 10.0 Å². The van der Waals surface area contributed by atoms with Gasteiger partial charge in [-0.25, -0.2) is 8.42 Å². The summed E-state index contributed by atoms with van der Waals surface area (Å²) in [4.78, 5) is 13.0. The molecule has 146 valence electrons. The molecule has 1 aliphatic rings. The molecule has 1 aromatic heterocycles. The molecule has 9 heteroatoms. The third-order valence-corrected chi connectivity index (χ3v) is 6.83. The van der Waals surface area contributed by atoms with E-state index in [0.29, 0.717) is 51.6 Å². The minimum atomic E-state index is -3.50. The van der Waals surface area contributed by atoms with Crippen LogP contribution in [0.2, 0.25) is 0 Å². The molecule has 27 heavy (non-hydrogen) atoms. The number of rotatable bonds is 8. The second-order valence-corrected chi connectivity index (χ2v) is 8.91. The maximum Gasteiger partial charge on any atom is 0.243 e. The van der Waals surface area contributed by atoms with Gasteiger partial charge in [-0.05, 0) is 35.7 Å². The molecule has 0 spiro atoms. The third-order valence-electron chi connectivity index (χ3n) is 4.04. The fourth-order valence-corrected chi connectivity index (χ4v) is 4.75. The lowest BCUT2D eigenvalue weighted by atomic mass is 10.3. The number of ether oxygens (including phenoxy) is 2. The van der Waals surface area contributed by atoms with E-state index in [9.17, 15) is 13.2 Å². The van der Waals surface area contributed by atoms with Gasteiger partial charge in [-0.3, -0.25) is 4.79 Å². The Labute approximate surface area is 163 Å². The van der Waals surface area contributed by atoms with E-state index in [1.54, 1.807) is 23.5 Å². The van der Waals surface area contributed by atoms with Crippen molar-refractivity contribution in [2.45, 2.75) is 11.3 Å². The molecule has 2 aromatic rings.